The number of halogens is 2. The Bertz CT molecular complexity index is 906. The van der Waals surface area contributed by atoms with Crippen molar-refractivity contribution in [1.29, 1.82) is 0 Å². The highest BCUT2D eigenvalue weighted by Crippen LogP contribution is 2.21. The van der Waals surface area contributed by atoms with Crippen molar-refractivity contribution in [2.45, 2.75) is 13.3 Å². The van der Waals surface area contributed by atoms with Gasteiger partial charge in [-0.2, -0.15) is 0 Å². The molecule has 0 aliphatic heterocycles. The lowest BCUT2D eigenvalue weighted by molar-refractivity contribution is 0.102. The van der Waals surface area contributed by atoms with Gasteiger partial charge >= 0.3 is 0 Å². The third kappa shape index (κ3) is 4.03. The molecule has 132 valence electrons. The molecule has 26 heavy (non-hydrogen) atoms. The monoisotopic (exact) mass is 353 g/mol. The van der Waals surface area contributed by atoms with Gasteiger partial charge in [-0.05, 0) is 48.4 Å². The van der Waals surface area contributed by atoms with Crippen LogP contribution in [-0.4, -0.2) is 10.9 Å². The molecule has 4 nitrogen and oxygen atoms in total. The first-order valence-corrected chi connectivity index (χ1v) is 8.14. The van der Waals surface area contributed by atoms with Crippen molar-refractivity contribution in [3.63, 3.8) is 0 Å². The van der Waals surface area contributed by atoms with Gasteiger partial charge < -0.3 is 10.6 Å². The minimum atomic E-state index is -0.844. The Morgan fingerprint density at radius 2 is 1.69 bits per heavy atom. The number of aromatic nitrogens is 1. The molecule has 0 atom stereocenters. The molecule has 2 N–H and O–H groups in total. The first kappa shape index (κ1) is 17.5. The minimum Gasteiger partial charge on any atom is -0.355 e. The number of nitrogens with one attached hydrogen (secondary N) is 2. The highest BCUT2D eigenvalue weighted by molar-refractivity contribution is 6.03. The van der Waals surface area contributed by atoms with E-state index in [0.717, 1.165) is 24.2 Å². The van der Waals surface area contributed by atoms with Gasteiger partial charge in [0.15, 0.2) is 0 Å². The van der Waals surface area contributed by atoms with E-state index in [-0.39, 0.29) is 5.69 Å². The maximum atomic E-state index is 13.7. The molecule has 0 unspecified atom stereocenters. The van der Waals surface area contributed by atoms with Crippen LogP contribution < -0.4 is 10.6 Å². The highest BCUT2D eigenvalue weighted by Gasteiger charge is 2.14. The van der Waals surface area contributed by atoms with E-state index in [1.807, 2.05) is 24.3 Å². The number of hydrogen-bond acceptors (Lipinski definition) is 3. The summed E-state index contributed by atoms with van der Waals surface area (Å²) in [5.74, 6) is -2.38. The number of amides is 1. The number of carbonyl (C=O) groups excluding carboxylic acids is 1. The second-order valence-electron chi connectivity index (χ2n) is 5.66. The van der Waals surface area contributed by atoms with Gasteiger partial charge in [0.25, 0.3) is 5.91 Å². The molecular weight excluding hydrogens is 336 g/mol. The van der Waals surface area contributed by atoms with Gasteiger partial charge in [0.05, 0.1) is 0 Å². The molecule has 1 amide bonds. The Labute approximate surface area is 149 Å². The van der Waals surface area contributed by atoms with E-state index in [1.54, 1.807) is 6.07 Å². The predicted molar refractivity (Wildman–Crippen MR) is 97.7 cm³/mol. The second kappa shape index (κ2) is 7.74. The van der Waals surface area contributed by atoms with Gasteiger partial charge in [-0.3, -0.25) is 9.78 Å². The maximum absolute atomic E-state index is 13.7. The van der Waals surface area contributed by atoms with Crippen molar-refractivity contribution in [2.75, 3.05) is 10.6 Å². The summed E-state index contributed by atoms with van der Waals surface area (Å²) in [4.78, 5) is 16.2. The van der Waals surface area contributed by atoms with Crippen LogP contribution >= 0.6 is 0 Å². The number of benzene rings is 2. The summed E-state index contributed by atoms with van der Waals surface area (Å²) in [5, 5.41) is 5.39. The molecule has 0 fully saturated rings. The lowest BCUT2D eigenvalue weighted by Gasteiger charge is -2.10. The normalized spacial score (nSPS) is 10.4. The molecule has 0 bridgehead atoms. The van der Waals surface area contributed by atoms with Crippen molar-refractivity contribution in [3.05, 3.63) is 83.7 Å². The van der Waals surface area contributed by atoms with Crippen LogP contribution in [0.15, 0.2) is 60.8 Å². The molecule has 1 heterocycles. The van der Waals surface area contributed by atoms with Gasteiger partial charge in [-0.25, -0.2) is 8.78 Å². The zero-order chi connectivity index (χ0) is 18.5. The van der Waals surface area contributed by atoms with Crippen LogP contribution in [0.4, 0.5) is 25.8 Å². The Hall–Kier alpha value is -3.28. The fourth-order valence-electron chi connectivity index (χ4n) is 2.42. The number of nitrogens with zero attached hydrogens (tertiary/aromatic N) is 1. The van der Waals surface area contributed by atoms with Crippen molar-refractivity contribution in [3.8, 4) is 0 Å². The summed E-state index contributed by atoms with van der Waals surface area (Å²) < 4.78 is 27.3. The molecule has 2 aromatic carbocycles. The molecule has 6 heteroatoms. The van der Waals surface area contributed by atoms with Crippen molar-refractivity contribution in [1.82, 2.24) is 4.98 Å². The maximum Gasteiger partial charge on any atom is 0.274 e. The van der Waals surface area contributed by atoms with E-state index in [1.165, 1.54) is 23.9 Å². The topological polar surface area (TPSA) is 54.0 Å². The number of rotatable bonds is 5. The largest absolute Gasteiger partial charge is 0.355 e. The Balaban J connectivity index is 1.76. The van der Waals surface area contributed by atoms with Gasteiger partial charge in [0.2, 0.25) is 0 Å². The summed E-state index contributed by atoms with van der Waals surface area (Å²) in [6.45, 7) is 2.08. The summed E-state index contributed by atoms with van der Waals surface area (Å²) in [7, 11) is 0. The lowest BCUT2D eigenvalue weighted by Crippen LogP contribution is -2.16. The number of hydrogen-bond donors (Lipinski definition) is 2. The molecule has 0 radical (unpaired) electrons. The number of carbonyl (C=O) groups is 1. The standard InChI is InChI=1S/C20H17F2N3O/c1-2-13-6-8-14(9-7-13)24-15-10-11-23-18(12-15)20(26)25-19-16(21)4-3-5-17(19)22/h3-12H,2H2,1H3,(H,23,24)(H,25,26). The van der Waals surface area contributed by atoms with Gasteiger partial charge in [-0.1, -0.05) is 25.1 Å². The lowest BCUT2D eigenvalue weighted by atomic mass is 10.1. The van der Waals surface area contributed by atoms with Crippen LogP contribution in [-0.2, 0) is 6.42 Å². The summed E-state index contributed by atoms with van der Waals surface area (Å²) in [6, 6.07) is 14.5. The molecule has 3 rings (SSSR count). The fraction of sp³-hybridized carbons (Fsp3) is 0.100. The van der Waals surface area contributed by atoms with Crippen LogP contribution in [0.1, 0.15) is 23.0 Å². The van der Waals surface area contributed by atoms with Crippen molar-refractivity contribution < 1.29 is 13.6 Å². The van der Waals surface area contributed by atoms with Gasteiger partial charge in [0.1, 0.15) is 23.0 Å². The SMILES string of the molecule is CCc1ccc(Nc2ccnc(C(=O)Nc3c(F)cccc3F)c2)cc1. The average molecular weight is 353 g/mol. The third-order valence-electron chi connectivity index (χ3n) is 3.84. The van der Waals surface area contributed by atoms with E-state index in [9.17, 15) is 13.6 Å². The van der Waals surface area contributed by atoms with Crippen LogP contribution in [0.25, 0.3) is 0 Å². The Morgan fingerprint density at radius 3 is 2.35 bits per heavy atom. The minimum absolute atomic E-state index is 0.0443. The molecule has 0 saturated carbocycles. The molecule has 1 aromatic heterocycles. The second-order valence-corrected chi connectivity index (χ2v) is 5.66. The Kier molecular flexibility index (Phi) is 5.22. The van der Waals surface area contributed by atoms with E-state index in [4.69, 9.17) is 0 Å². The van der Waals surface area contributed by atoms with Crippen LogP contribution in [0, 0.1) is 11.6 Å². The van der Waals surface area contributed by atoms with Crippen molar-refractivity contribution >= 4 is 23.0 Å². The first-order chi connectivity index (χ1) is 12.6. The first-order valence-electron chi connectivity index (χ1n) is 8.14. The van der Waals surface area contributed by atoms with E-state index in [0.29, 0.717) is 5.69 Å². The summed E-state index contributed by atoms with van der Waals surface area (Å²) in [5.41, 5.74) is 2.27. The fourth-order valence-corrected chi connectivity index (χ4v) is 2.42. The quantitative estimate of drug-likeness (QED) is 0.685. The predicted octanol–water partition coefficient (Wildman–Crippen LogP) is 4.92. The van der Waals surface area contributed by atoms with Crippen LogP contribution in [0.5, 0.6) is 0 Å². The number of aryl methyl sites for hydroxylation is 1. The molecule has 0 spiro atoms. The summed E-state index contributed by atoms with van der Waals surface area (Å²) in [6.07, 6.45) is 2.40. The molecule has 3 aromatic rings. The number of pyridine rings is 1. The molecule has 0 saturated heterocycles. The van der Waals surface area contributed by atoms with E-state index >= 15 is 0 Å². The highest BCUT2D eigenvalue weighted by atomic mass is 19.1. The third-order valence-corrected chi connectivity index (χ3v) is 3.84. The van der Waals surface area contributed by atoms with Gasteiger partial charge in [-0.15, -0.1) is 0 Å². The number of para-hydroxylation sites is 1. The Morgan fingerprint density at radius 1 is 1.00 bits per heavy atom. The molecular formula is C20H17F2N3O. The van der Waals surface area contributed by atoms with Crippen LogP contribution in [0.3, 0.4) is 0 Å². The summed E-state index contributed by atoms with van der Waals surface area (Å²) >= 11 is 0. The number of anilines is 3. The van der Waals surface area contributed by atoms with Crippen molar-refractivity contribution in [2.24, 2.45) is 0 Å². The average Bonchev–Trinajstić information content (AvgIpc) is 2.65. The molecule has 0 aliphatic carbocycles. The molecule has 0 aliphatic rings. The zero-order valence-electron chi connectivity index (χ0n) is 14.1. The van der Waals surface area contributed by atoms with Crippen LogP contribution in [0.2, 0.25) is 0 Å². The van der Waals surface area contributed by atoms with E-state index < -0.39 is 23.2 Å². The smallest absolute Gasteiger partial charge is 0.274 e. The van der Waals surface area contributed by atoms with E-state index in [2.05, 4.69) is 22.5 Å². The van der Waals surface area contributed by atoms with Gasteiger partial charge in [0, 0.05) is 17.6 Å². The zero-order valence-corrected chi connectivity index (χ0v) is 14.1.